The first kappa shape index (κ1) is 12.9. The van der Waals surface area contributed by atoms with Gasteiger partial charge in [0.1, 0.15) is 10.7 Å². The molecular weight excluding hydrogens is 246 g/mol. The monoisotopic (exact) mass is 263 g/mol. The van der Waals surface area contributed by atoms with Crippen LogP contribution >= 0.6 is 11.5 Å². The van der Waals surface area contributed by atoms with Crippen LogP contribution in [0.4, 0.5) is 5.00 Å². The molecule has 2 aromatic rings. The molecule has 0 fully saturated rings. The lowest BCUT2D eigenvalue weighted by Crippen LogP contribution is -2.23. The Balaban J connectivity index is 2.02. The van der Waals surface area contributed by atoms with Gasteiger partial charge in [0.25, 0.3) is 0 Å². The number of hydrogen-bond donors (Lipinski definition) is 1. The summed E-state index contributed by atoms with van der Waals surface area (Å²) in [6, 6.07) is 4.09. The number of pyridine rings is 1. The molecule has 0 bridgehead atoms. The van der Waals surface area contributed by atoms with Crippen LogP contribution in [0, 0.1) is 0 Å². The molecule has 1 N–H and O–H groups in total. The maximum Gasteiger partial charge on any atom is 0.134 e. The van der Waals surface area contributed by atoms with E-state index in [1.54, 1.807) is 0 Å². The number of aromatic nitrogens is 3. The van der Waals surface area contributed by atoms with Gasteiger partial charge in [0.05, 0.1) is 0 Å². The van der Waals surface area contributed by atoms with E-state index in [0.717, 1.165) is 30.3 Å². The summed E-state index contributed by atoms with van der Waals surface area (Å²) in [6.45, 7) is 4.84. The minimum Gasteiger partial charge on any atom is -0.377 e. The molecule has 0 saturated carbocycles. The van der Waals surface area contributed by atoms with Crippen molar-refractivity contribution in [2.45, 2.75) is 20.0 Å². The zero-order chi connectivity index (χ0) is 12.8. The molecule has 0 spiro atoms. The van der Waals surface area contributed by atoms with E-state index in [1.807, 2.05) is 31.6 Å². The Morgan fingerprint density at radius 2 is 2.06 bits per heavy atom. The highest BCUT2D eigenvalue weighted by atomic mass is 32.1. The Morgan fingerprint density at radius 3 is 2.72 bits per heavy atom. The van der Waals surface area contributed by atoms with Crippen molar-refractivity contribution in [2.24, 2.45) is 0 Å². The topological polar surface area (TPSA) is 53.9 Å². The fraction of sp³-hybridized carbons (Fsp3) is 0.417. The van der Waals surface area contributed by atoms with Crippen molar-refractivity contribution in [1.29, 1.82) is 0 Å². The Labute approximate surface area is 111 Å². The van der Waals surface area contributed by atoms with Gasteiger partial charge < -0.3 is 5.32 Å². The molecule has 0 unspecified atom stereocenters. The maximum atomic E-state index is 4.17. The van der Waals surface area contributed by atoms with Crippen LogP contribution in [0.15, 0.2) is 24.5 Å². The molecule has 2 rings (SSSR count). The fourth-order valence-electron chi connectivity index (χ4n) is 1.74. The van der Waals surface area contributed by atoms with Crippen molar-refractivity contribution < 1.29 is 0 Å². The SMILES string of the molecule is CCN(Cc1ccncc1)Cc1nnsc1NC. The molecule has 6 heteroatoms. The second-order valence-corrected chi connectivity index (χ2v) is 4.71. The van der Waals surface area contributed by atoms with Crippen molar-refractivity contribution in [1.82, 2.24) is 19.5 Å². The minimum atomic E-state index is 0.811. The lowest BCUT2D eigenvalue weighted by Gasteiger charge is -2.19. The van der Waals surface area contributed by atoms with Crippen LogP contribution in [0.3, 0.4) is 0 Å². The number of nitrogens with zero attached hydrogens (tertiary/aromatic N) is 4. The zero-order valence-electron chi connectivity index (χ0n) is 10.6. The summed E-state index contributed by atoms with van der Waals surface area (Å²) in [4.78, 5) is 6.36. The third-order valence-electron chi connectivity index (χ3n) is 2.76. The Hall–Kier alpha value is -1.53. The van der Waals surface area contributed by atoms with Crippen molar-refractivity contribution in [3.8, 4) is 0 Å². The summed E-state index contributed by atoms with van der Waals surface area (Å²) in [5, 5.41) is 8.34. The van der Waals surface area contributed by atoms with Crippen molar-refractivity contribution in [3.05, 3.63) is 35.8 Å². The molecule has 0 amide bonds. The van der Waals surface area contributed by atoms with Crippen LogP contribution in [0.5, 0.6) is 0 Å². The molecule has 0 aliphatic carbocycles. The Morgan fingerprint density at radius 1 is 1.28 bits per heavy atom. The van der Waals surface area contributed by atoms with Gasteiger partial charge in [0, 0.05) is 44.1 Å². The van der Waals surface area contributed by atoms with Crippen LogP contribution in [-0.4, -0.2) is 33.1 Å². The minimum absolute atomic E-state index is 0.811. The second-order valence-electron chi connectivity index (χ2n) is 3.96. The summed E-state index contributed by atoms with van der Waals surface area (Å²) in [6.07, 6.45) is 3.65. The van der Waals surface area contributed by atoms with Gasteiger partial charge in [0.2, 0.25) is 0 Å². The number of hydrogen-bond acceptors (Lipinski definition) is 6. The molecule has 0 atom stereocenters. The van der Waals surface area contributed by atoms with E-state index in [9.17, 15) is 0 Å². The summed E-state index contributed by atoms with van der Waals surface area (Å²) >= 11 is 1.40. The van der Waals surface area contributed by atoms with Gasteiger partial charge in [-0.15, -0.1) is 5.10 Å². The highest BCUT2D eigenvalue weighted by molar-refractivity contribution is 7.10. The van der Waals surface area contributed by atoms with Gasteiger partial charge in [-0.05, 0) is 24.2 Å². The van der Waals surface area contributed by atoms with Crippen LogP contribution < -0.4 is 5.32 Å². The average Bonchev–Trinajstić information content (AvgIpc) is 2.86. The number of rotatable bonds is 6. The van der Waals surface area contributed by atoms with Crippen LogP contribution in [0.25, 0.3) is 0 Å². The zero-order valence-corrected chi connectivity index (χ0v) is 11.4. The lowest BCUT2D eigenvalue weighted by molar-refractivity contribution is 0.268. The third-order valence-corrected chi connectivity index (χ3v) is 3.54. The smallest absolute Gasteiger partial charge is 0.134 e. The first-order chi connectivity index (χ1) is 8.83. The second kappa shape index (κ2) is 6.42. The Kier molecular flexibility index (Phi) is 4.60. The van der Waals surface area contributed by atoms with E-state index >= 15 is 0 Å². The Bertz CT molecular complexity index is 470. The summed E-state index contributed by atoms with van der Waals surface area (Å²) in [5.41, 5.74) is 2.28. The molecule has 0 aliphatic rings. The van der Waals surface area contributed by atoms with E-state index in [2.05, 4.69) is 31.7 Å². The van der Waals surface area contributed by atoms with Gasteiger partial charge in [0.15, 0.2) is 0 Å². The third kappa shape index (κ3) is 3.24. The lowest BCUT2D eigenvalue weighted by atomic mass is 10.2. The van der Waals surface area contributed by atoms with Crippen molar-refractivity contribution >= 4 is 16.5 Å². The van der Waals surface area contributed by atoms with E-state index in [4.69, 9.17) is 0 Å². The summed E-state index contributed by atoms with van der Waals surface area (Å²) < 4.78 is 3.98. The van der Waals surface area contributed by atoms with E-state index in [1.165, 1.54) is 17.1 Å². The molecule has 96 valence electrons. The molecule has 0 radical (unpaired) electrons. The number of anilines is 1. The molecule has 0 aliphatic heterocycles. The van der Waals surface area contributed by atoms with Gasteiger partial charge >= 0.3 is 0 Å². The van der Waals surface area contributed by atoms with E-state index in [-0.39, 0.29) is 0 Å². The van der Waals surface area contributed by atoms with Crippen LogP contribution in [0.2, 0.25) is 0 Å². The standard InChI is InChI=1S/C12H17N5S/c1-3-17(8-10-4-6-14-7-5-10)9-11-12(13-2)18-16-15-11/h4-7,13H,3,8-9H2,1-2H3. The van der Waals surface area contributed by atoms with Gasteiger partial charge in [-0.3, -0.25) is 9.88 Å². The first-order valence-electron chi connectivity index (χ1n) is 5.93. The van der Waals surface area contributed by atoms with Crippen molar-refractivity contribution in [2.75, 3.05) is 18.9 Å². The fourth-order valence-corrected chi connectivity index (χ4v) is 2.26. The predicted octanol–water partition coefficient (Wildman–Crippen LogP) is 2.00. The molecule has 2 aromatic heterocycles. The molecule has 5 nitrogen and oxygen atoms in total. The first-order valence-corrected chi connectivity index (χ1v) is 6.71. The molecule has 18 heavy (non-hydrogen) atoms. The maximum absolute atomic E-state index is 4.17. The largest absolute Gasteiger partial charge is 0.377 e. The van der Waals surface area contributed by atoms with Gasteiger partial charge in [-0.1, -0.05) is 11.4 Å². The molecule has 2 heterocycles. The summed E-state index contributed by atoms with van der Waals surface area (Å²) in [5.74, 6) is 0. The predicted molar refractivity (Wildman–Crippen MR) is 73.5 cm³/mol. The summed E-state index contributed by atoms with van der Waals surface area (Å²) in [7, 11) is 1.90. The van der Waals surface area contributed by atoms with E-state index < -0.39 is 0 Å². The van der Waals surface area contributed by atoms with Crippen molar-refractivity contribution in [3.63, 3.8) is 0 Å². The number of nitrogens with one attached hydrogen (secondary N) is 1. The molecule has 0 saturated heterocycles. The molecular formula is C12H17N5S. The molecule has 0 aromatic carbocycles. The highest BCUT2D eigenvalue weighted by Crippen LogP contribution is 2.19. The quantitative estimate of drug-likeness (QED) is 0.864. The van der Waals surface area contributed by atoms with E-state index in [0.29, 0.717) is 0 Å². The highest BCUT2D eigenvalue weighted by Gasteiger charge is 2.11. The van der Waals surface area contributed by atoms with Gasteiger partial charge in [-0.2, -0.15) is 0 Å². The van der Waals surface area contributed by atoms with Crippen LogP contribution in [0.1, 0.15) is 18.2 Å². The normalized spacial score (nSPS) is 10.8. The average molecular weight is 263 g/mol. The van der Waals surface area contributed by atoms with Crippen LogP contribution in [-0.2, 0) is 13.1 Å². The van der Waals surface area contributed by atoms with Gasteiger partial charge in [-0.25, -0.2) is 0 Å².